The maximum Gasteiger partial charge on any atom is 0.0700 e. The summed E-state index contributed by atoms with van der Waals surface area (Å²) < 4.78 is 3.05. The standard InChI is InChI=1S/C25H35NS4/c1-4-6-9-15-21-22(16-10-7-5-2)29-25(28-21)24-27-19(3)23(30-24)18-26-17-20-13-11-8-12-14-20/h8,11-14,26H,4-7,9-10,15-18H2,1-3H3. The Morgan fingerprint density at radius 3 is 1.83 bits per heavy atom. The van der Waals surface area contributed by atoms with Gasteiger partial charge in [-0.05, 0) is 43.1 Å². The van der Waals surface area contributed by atoms with E-state index >= 15 is 0 Å². The van der Waals surface area contributed by atoms with Crippen molar-refractivity contribution in [1.29, 1.82) is 0 Å². The smallest absolute Gasteiger partial charge is 0.0700 e. The van der Waals surface area contributed by atoms with Crippen molar-refractivity contribution in [3.05, 3.63) is 64.0 Å². The first-order valence-electron chi connectivity index (χ1n) is 11.3. The predicted molar refractivity (Wildman–Crippen MR) is 144 cm³/mol. The van der Waals surface area contributed by atoms with Gasteiger partial charge in [-0.3, -0.25) is 0 Å². The Hall–Kier alpha value is -0.200. The van der Waals surface area contributed by atoms with Crippen molar-refractivity contribution >= 4 is 47.0 Å². The number of rotatable bonds is 12. The van der Waals surface area contributed by atoms with Gasteiger partial charge in [-0.1, -0.05) is 117 Å². The van der Waals surface area contributed by atoms with Crippen LogP contribution in [0.3, 0.4) is 0 Å². The van der Waals surface area contributed by atoms with Gasteiger partial charge in [-0.2, -0.15) is 0 Å². The molecule has 0 aliphatic carbocycles. The fourth-order valence-electron chi connectivity index (χ4n) is 3.45. The zero-order valence-electron chi connectivity index (χ0n) is 18.6. The average molecular weight is 478 g/mol. The van der Waals surface area contributed by atoms with Crippen molar-refractivity contribution in [1.82, 2.24) is 5.32 Å². The number of unbranched alkanes of at least 4 members (excludes halogenated alkanes) is 4. The van der Waals surface area contributed by atoms with Gasteiger partial charge in [0.2, 0.25) is 0 Å². The Balaban J connectivity index is 1.56. The molecule has 0 unspecified atom stereocenters. The van der Waals surface area contributed by atoms with Gasteiger partial charge in [0.05, 0.1) is 8.47 Å². The van der Waals surface area contributed by atoms with Gasteiger partial charge < -0.3 is 5.32 Å². The molecule has 0 saturated carbocycles. The molecule has 2 aliphatic rings. The van der Waals surface area contributed by atoms with Crippen molar-refractivity contribution in [2.24, 2.45) is 0 Å². The number of benzene rings is 1. The second-order valence-electron chi connectivity index (χ2n) is 7.81. The lowest BCUT2D eigenvalue weighted by Gasteiger charge is -2.06. The third kappa shape index (κ3) is 7.44. The van der Waals surface area contributed by atoms with E-state index in [4.69, 9.17) is 0 Å². The maximum atomic E-state index is 3.63. The maximum absolute atomic E-state index is 3.63. The molecule has 0 spiro atoms. The van der Waals surface area contributed by atoms with Crippen LogP contribution in [-0.4, -0.2) is 6.54 Å². The highest BCUT2D eigenvalue weighted by Crippen LogP contribution is 2.61. The summed E-state index contributed by atoms with van der Waals surface area (Å²) in [7, 11) is 0. The molecule has 0 aromatic heterocycles. The monoisotopic (exact) mass is 477 g/mol. The van der Waals surface area contributed by atoms with Crippen molar-refractivity contribution in [2.45, 2.75) is 78.7 Å². The van der Waals surface area contributed by atoms with E-state index in [0.29, 0.717) is 0 Å². The highest BCUT2D eigenvalue weighted by Gasteiger charge is 2.28. The van der Waals surface area contributed by atoms with Crippen LogP contribution >= 0.6 is 47.0 Å². The first-order valence-corrected chi connectivity index (χ1v) is 14.6. The van der Waals surface area contributed by atoms with E-state index < -0.39 is 0 Å². The van der Waals surface area contributed by atoms with E-state index in [0.717, 1.165) is 13.1 Å². The van der Waals surface area contributed by atoms with E-state index in [9.17, 15) is 0 Å². The molecule has 1 N–H and O–H groups in total. The van der Waals surface area contributed by atoms with E-state index in [1.54, 1.807) is 14.0 Å². The second-order valence-corrected chi connectivity index (χ2v) is 12.9. The molecule has 1 aromatic carbocycles. The van der Waals surface area contributed by atoms with Gasteiger partial charge >= 0.3 is 0 Å². The average Bonchev–Trinajstić information content (AvgIpc) is 3.33. The molecule has 30 heavy (non-hydrogen) atoms. The number of nitrogens with one attached hydrogen (secondary N) is 1. The summed E-state index contributed by atoms with van der Waals surface area (Å²) >= 11 is 8.16. The fourth-order valence-corrected chi connectivity index (χ4v) is 9.28. The fraction of sp³-hybridized carbons (Fsp3) is 0.520. The summed E-state index contributed by atoms with van der Waals surface area (Å²) in [6.07, 6.45) is 10.5. The van der Waals surface area contributed by atoms with Crippen molar-refractivity contribution in [2.75, 3.05) is 6.54 Å². The Bertz CT molecular complexity index is 756. The molecule has 1 aromatic rings. The summed E-state index contributed by atoms with van der Waals surface area (Å²) in [5, 5.41) is 3.63. The molecule has 0 atom stereocenters. The summed E-state index contributed by atoms with van der Waals surface area (Å²) in [4.78, 5) is 6.30. The molecule has 1 nitrogen and oxygen atoms in total. The third-order valence-electron chi connectivity index (χ3n) is 5.24. The summed E-state index contributed by atoms with van der Waals surface area (Å²) in [5.74, 6) is 0. The summed E-state index contributed by atoms with van der Waals surface area (Å²) in [6.45, 7) is 8.78. The first-order chi connectivity index (χ1) is 14.7. The highest BCUT2D eigenvalue weighted by molar-refractivity contribution is 8.34. The number of thioether (sulfide) groups is 4. The summed E-state index contributed by atoms with van der Waals surface area (Å²) in [5.41, 5.74) is 1.35. The molecule has 0 fully saturated rings. The van der Waals surface area contributed by atoms with Gasteiger partial charge in [0.25, 0.3) is 0 Å². The van der Waals surface area contributed by atoms with Gasteiger partial charge in [0.15, 0.2) is 0 Å². The summed E-state index contributed by atoms with van der Waals surface area (Å²) in [6, 6.07) is 10.7. The number of hydrogen-bond acceptors (Lipinski definition) is 5. The lowest BCUT2D eigenvalue weighted by atomic mass is 10.1. The molecular formula is C25H35NS4. The molecule has 164 valence electrons. The van der Waals surface area contributed by atoms with Crippen molar-refractivity contribution < 1.29 is 0 Å². The molecule has 0 radical (unpaired) electrons. The molecular weight excluding hydrogens is 443 g/mol. The Labute approximate surface area is 200 Å². The SMILES string of the molecule is CCCCCC1=C(CCCCC)SC(=C2SC(C)=C(CNCc3ccccc3)S2)S1. The lowest BCUT2D eigenvalue weighted by Crippen LogP contribution is -2.15. The van der Waals surface area contributed by atoms with Gasteiger partial charge in [-0.15, -0.1) is 0 Å². The molecule has 5 heteroatoms. The van der Waals surface area contributed by atoms with Crippen molar-refractivity contribution in [3.63, 3.8) is 0 Å². The van der Waals surface area contributed by atoms with Crippen LogP contribution in [0.1, 0.15) is 77.7 Å². The van der Waals surface area contributed by atoms with Gasteiger partial charge in [0, 0.05) is 27.8 Å². The van der Waals surface area contributed by atoms with Crippen LogP contribution < -0.4 is 5.32 Å². The van der Waals surface area contributed by atoms with Crippen LogP contribution in [0, 0.1) is 0 Å². The van der Waals surface area contributed by atoms with Gasteiger partial charge in [-0.25, -0.2) is 0 Å². The Morgan fingerprint density at radius 2 is 1.23 bits per heavy atom. The van der Waals surface area contributed by atoms with Gasteiger partial charge in [0.1, 0.15) is 0 Å². The predicted octanol–water partition coefficient (Wildman–Crippen LogP) is 9.47. The zero-order chi connectivity index (χ0) is 21.2. The molecule has 0 saturated heterocycles. The van der Waals surface area contributed by atoms with Crippen LogP contribution in [0.4, 0.5) is 0 Å². The normalized spacial score (nSPS) is 17.0. The number of allylic oxidation sites excluding steroid dienone is 3. The van der Waals surface area contributed by atoms with Crippen molar-refractivity contribution in [3.8, 4) is 0 Å². The first kappa shape index (κ1) is 24.4. The minimum absolute atomic E-state index is 0.933. The molecule has 2 heterocycles. The minimum Gasteiger partial charge on any atom is -0.308 e. The highest BCUT2D eigenvalue weighted by atomic mass is 32.2. The quantitative estimate of drug-likeness (QED) is 0.300. The molecule has 3 rings (SSSR count). The zero-order valence-corrected chi connectivity index (χ0v) is 21.9. The molecule has 2 aliphatic heterocycles. The Kier molecular flexibility index (Phi) is 10.9. The topological polar surface area (TPSA) is 12.0 Å². The Morgan fingerprint density at radius 1 is 0.667 bits per heavy atom. The minimum atomic E-state index is 0.933. The van der Waals surface area contributed by atoms with E-state index in [-0.39, 0.29) is 0 Å². The lowest BCUT2D eigenvalue weighted by molar-refractivity contribution is 0.710. The molecule has 0 bridgehead atoms. The van der Waals surface area contributed by atoms with Crippen LogP contribution in [0.15, 0.2) is 58.4 Å². The van der Waals surface area contributed by atoms with Crippen LogP contribution in [-0.2, 0) is 6.54 Å². The van der Waals surface area contributed by atoms with Crippen LogP contribution in [0.2, 0.25) is 0 Å². The van der Waals surface area contributed by atoms with Crippen LogP contribution in [0.5, 0.6) is 0 Å². The van der Waals surface area contributed by atoms with Crippen LogP contribution in [0.25, 0.3) is 0 Å². The van der Waals surface area contributed by atoms with E-state index in [1.807, 2.05) is 23.5 Å². The largest absolute Gasteiger partial charge is 0.308 e. The van der Waals surface area contributed by atoms with E-state index in [2.05, 4.69) is 79.9 Å². The van der Waals surface area contributed by atoms with E-state index in [1.165, 1.54) is 71.0 Å². The molecule has 0 amide bonds. The third-order valence-corrected chi connectivity index (χ3v) is 11.2. The second kappa shape index (κ2) is 13.4. The number of hydrogen-bond donors (Lipinski definition) is 1.